The van der Waals surface area contributed by atoms with Crippen LogP contribution in [-0.2, 0) is 6.54 Å². The molecule has 0 bridgehead atoms. The van der Waals surface area contributed by atoms with E-state index in [1.54, 1.807) is 16.9 Å². The summed E-state index contributed by atoms with van der Waals surface area (Å²) in [6, 6.07) is 7.71. The second kappa shape index (κ2) is 6.07. The maximum absolute atomic E-state index is 11.0. The molecule has 0 spiro atoms. The SMILES string of the molecule is CC(C)NCc1ccc(-n2ccc(C(N)=O)n2)c(Cl)c1. The summed E-state index contributed by atoms with van der Waals surface area (Å²) in [5.41, 5.74) is 7.20. The summed E-state index contributed by atoms with van der Waals surface area (Å²) in [5, 5.41) is 7.99. The molecule has 1 aromatic carbocycles. The molecule has 0 aliphatic carbocycles. The van der Waals surface area contributed by atoms with Crippen molar-refractivity contribution in [1.29, 1.82) is 0 Å². The molecular formula is C14H17ClN4O. The minimum atomic E-state index is -0.558. The van der Waals surface area contributed by atoms with E-state index in [0.717, 1.165) is 12.1 Å². The topological polar surface area (TPSA) is 72.9 Å². The van der Waals surface area contributed by atoms with Gasteiger partial charge in [-0.3, -0.25) is 4.79 Å². The minimum absolute atomic E-state index is 0.214. The number of benzene rings is 1. The summed E-state index contributed by atoms with van der Waals surface area (Å²) >= 11 is 6.26. The lowest BCUT2D eigenvalue weighted by Gasteiger charge is -2.10. The summed E-state index contributed by atoms with van der Waals surface area (Å²) in [6.07, 6.45) is 1.66. The Hall–Kier alpha value is -1.85. The zero-order valence-electron chi connectivity index (χ0n) is 11.4. The number of halogens is 1. The lowest BCUT2D eigenvalue weighted by Crippen LogP contribution is -2.21. The lowest BCUT2D eigenvalue weighted by molar-refractivity contribution is 0.0995. The van der Waals surface area contributed by atoms with Gasteiger partial charge in [0, 0.05) is 18.8 Å². The first-order valence-electron chi connectivity index (χ1n) is 6.35. The number of carbonyl (C=O) groups excluding carboxylic acids is 1. The number of nitrogens with zero attached hydrogens (tertiary/aromatic N) is 2. The molecule has 1 heterocycles. The van der Waals surface area contributed by atoms with E-state index < -0.39 is 5.91 Å². The average molecular weight is 293 g/mol. The molecule has 3 N–H and O–H groups in total. The maximum Gasteiger partial charge on any atom is 0.269 e. The first kappa shape index (κ1) is 14.6. The molecule has 1 aromatic heterocycles. The monoisotopic (exact) mass is 292 g/mol. The van der Waals surface area contributed by atoms with Gasteiger partial charge in [-0.05, 0) is 23.8 Å². The van der Waals surface area contributed by atoms with Gasteiger partial charge < -0.3 is 11.1 Å². The van der Waals surface area contributed by atoms with Gasteiger partial charge in [0.15, 0.2) is 0 Å². The highest BCUT2D eigenvalue weighted by Crippen LogP contribution is 2.21. The second-order valence-corrected chi connectivity index (χ2v) is 5.24. The fourth-order valence-corrected chi connectivity index (χ4v) is 2.05. The zero-order valence-corrected chi connectivity index (χ0v) is 12.2. The van der Waals surface area contributed by atoms with Gasteiger partial charge >= 0.3 is 0 Å². The van der Waals surface area contributed by atoms with Crippen molar-refractivity contribution in [3.05, 3.63) is 46.7 Å². The number of hydrogen-bond donors (Lipinski definition) is 2. The van der Waals surface area contributed by atoms with Crippen molar-refractivity contribution >= 4 is 17.5 Å². The zero-order chi connectivity index (χ0) is 14.7. The van der Waals surface area contributed by atoms with Crippen LogP contribution >= 0.6 is 11.6 Å². The summed E-state index contributed by atoms with van der Waals surface area (Å²) in [4.78, 5) is 11.0. The van der Waals surface area contributed by atoms with Crippen molar-refractivity contribution in [1.82, 2.24) is 15.1 Å². The van der Waals surface area contributed by atoms with E-state index in [1.807, 2.05) is 18.2 Å². The molecule has 2 rings (SSSR count). The Morgan fingerprint density at radius 3 is 2.75 bits per heavy atom. The number of amides is 1. The number of carbonyl (C=O) groups is 1. The Morgan fingerprint density at radius 1 is 1.45 bits per heavy atom. The van der Waals surface area contributed by atoms with Crippen molar-refractivity contribution in [3.8, 4) is 5.69 Å². The van der Waals surface area contributed by atoms with Crippen LogP contribution in [0.4, 0.5) is 0 Å². The van der Waals surface area contributed by atoms with Crippen LogP contribution in [-0.4, -0.2) is 21.7 Å². The van der Waals surface area contributed by atoms with Gasteiger partial charge in [0.25, 0.3) is 5.91 Å². The number of hydrogen-bond acceptors (Lipinski definition) is 3. The predicted octanol–water partition coefficient (Wildman–Crippen LogP) is 2.12. The average Bonchev–Trinajstić information content (AvgIpc) is 2.86. The van der Waals surface area contributed by atoms with E-state index in [0.29, 0.717) is 16.8 Å². The molecule has 106 valence electrons. The number of primary amides is 1. The van der Waals surface area contributed by atoms with E-state index in [-0.39, 0.29) is 5.69 Å². The number of nitrogens with one attached hydrogen (secondary N) is 1. The molecule has 0 atom stereocenters. The van der Waals surface area contributed by atoms with Crippen molar-refractivity contribution < 1.29 is 4.79 Å². The predicted molar refractivity (Wildman–Crippen MR) is 79.1 cm³/mol. The van der Waals surface area contributed by atoms with Crippen molar-refractivity contribution in [2.75, 3.05) is 0 Å². The van der Waals surface area contributed by atoms with Crippen LogP contribution in [0.3, 0.4) is 0 Å². The minimum Gasteiger partial charge on any atom is -0.364 e. The van der Waals surface area contributed by atoms with Gasteiger partial charge in [0.1, 0.15) is 5.69 Å². The van der Waals surface area contributed by atoms with Crippen molar-refractivity contribution in [3.63, 3.8) is 0 Å². The lowest BCUT2D eigenvalue weighted by atomic mass is 10.2. The molecule has 0 aliphatic heterocycles. The van der Waals surface area contributed by atoms with Crippen LogP contribution in [0, 0.1) is 0 Å². The largest absolute Gasteiger partial charge is 0.364 e. The van der Waals surface area contributed by atoms with E-state index in [2.05, 4.69) is 24.3 Å². The standard InChI is InChI=1S/C14H17ClN4O/c1-9(2)17-8-10-3-4-13(11(15)7-10)19-6-5-12(18-19)14(16)20/h3-7,9,17H,8H2,1-2H3,(H2,16,20). The molecule has 0 radical (unpaired) electrons. The number of rotatable bonds is 5. The quantitative estimate of drug-likeness (QED) is 0.886. The Balaban J connectivity index is 2.22. The highest BCUT2D eigenvalue weighted by Gasteiger charge is 2.09. The Kier molecular flexibility index (Phi) is 4.42. The molecule has 0 saturated heterocycles. The third-order valence-corrected chi connectivity index (χ3v) is 3.12. The Bertz CT molecular complexity index is 621. The normalized spacial score (nSPS) is 11.0. The smallest absolute Gasteiger partial charge is 0.269 e. The Morgan fingerprint density at radius 2 is 2.20 bits per heavy atom. The van der Waals surface area contributed by atoms with Gasteiger partial charge in [-0.1, -0.05) is 31.5 Å². The highest BCUT2D eigenvalue weighted by molar-refractivity contribution is 6.32. The van der Waals surface area contributed by atoms with E-state index in [4.69, 9.17) is 17.3 Å². The van der Waals surface area contributed by atoms with Crippen molar-refractivity contribution in [2.24, 2.45) is 5.73 Å². The van der Waals surface area contributed by atoms with Gasteiger partial charge in [-0.15, -0.1) is 0 Å². The molecule has 0 aliphatic rings. The van der Waals surface area contributed by atoms with E-state index >= 15 is 0 Å². The summed E-state index contributed by atoms with van der Waals surface area (Å²) < 4.78 is 1.54. The molecule has 20 heavy (non-hydrogen) atoms. The van der Waals surface area contributed by atoms with Gasteiger partial charge in [-0.2, -0.15) is 5.10 Å². The molecule has 5 nitrogen and oxygen atoms in total. The molecule has 0 unspecified atom stereocenters. The highest BCUT2D eigenvalue weighted by atomic mass is 35.5. The first-order chi connectivity index (χ1) is 9.47. The second-order valence-electron chi connectivity index (χ2n) is 4.83. The van der Waals surface area contributed by atoms with E-state index in [1.165, 1.54) is 0 Å². The molecular weight excluding hydrogens is 276 g/mol. The van der Waals surface area contributed by atoms with Gasteiger partial charge in [0.2, 0.25) is 0 Å². The third kappa shape index (κ3) is 3.37. The number of nitrogens with two attached hydrogens (primary N) is 1. The van der Waals surface area contributed by atoms with Crippen LogP contribution in [0.15, 0.2) is 30.5 Å². The van der Waals surface area contributed by atoms with E-state index in [9.17, 15) is 4.79 Å². The van der Waals surface area contributed by atoms with Gasteiger partial charge in [0.05, 0.1) is 10.7 Å². The molecule has 2 aromatic rings. The van der Waals surface area contributed by atoms with Crippen LogP contribution in [0.25, 0.3) is 5.69 Å². The molecule has 0 fully saturated rings. The van der Waals surface area contributed by atoms with Crippen molar-refractivity contribution in [2.45, 2.75) is 26.4 Å². The van der Waals surface area contributed by atoms with Crippen LogP contribution < -0.4 is 11.1 Å². The summed E-state index contributed by atoms with van der Waals surface area (Å²) in [6.45, 7) is 4.93. The summed E-state index contributed by atoms with van der Waals surface area (Å²) in [5.74, 6) is -0.558. The molecule has 0 saturated carbocycles. The van der Waals surface area contributed by atoms with Crippen LogP contribution in [0.2, 0.25) is 5.02 Å². The molecule has 6 heteroatoms. The van der Waals surface area contributed by atoms with Gasteiger partial charge in [-0.25, -0.2) is 4.68 Å². The van der Waals surface area contributed by atoms with Crippen LogP contribution in [0.5, 0.6) is 0 Å². The molecule has 1 amide bonds. The third-order valence-electron chi connectivity index (χ3n) is 2.81. The number of aromatic nitrogens is 2. The first-order valence-corrected chi connectivity index (χ1v) is 6.73. The summed E-state index contributed by atoms with van der Waals surface area (Å²) in [7, 11) is 0. The Labute approximate surface area is 122 Å². The fourth-order valence-electron chi connectivity index (χ4n) is 1.76. The fraction of sp³-hybridized carbons (Fsp3) is 0.286. The van der Waals surface area contributed by atoms with Crippen LogP contribution in [0.1, 0.15) is 29.9 Å². The maximum atomic E-state index is 11.0.